The molecular weight excluding hydrogens is 362 g/mol. The highest BCUT2D eigenvalue weighted by atomic mass is 16.5. The second-order valence-corrected chi connectivity index (χ2v) is 9.09. The van der Waals surface area contributed by atoms with E-state index >= 15 is 0 Å². The molecule has 0 spiro atoms. The van der Waals surface area contributed by atoms with Gasteiger partial charge in [-0.1, -0.05) is 44.6 Å². The van der Waals surface area contributed by atoms with E-state index in [9.17, 15) is 9.59 Å². The number of hydrogen-bond acceptors (Lipinski definition) is 3. The van der Waals surface area contributed by atoms with Gasteiger partial charge in [-0.25, -0.2) is 0 Å². The number of anilines is 1. The number of nitrogens with zero attached hydrogens (tertiary/aromatic N) is 1. The van der Waals surface area contributed by atoms with Crippen molar-refractivity contribution in [2.45, 2.75) is 46.0 Å². The van der Waals surface area contributed by atoms with Crippen LogP contribution in [0, 0.1) is 11.8 Å². The van der Waals surface area contributed by atoms with E-state index in [4.69, 9.17) is 4.74 Å². The van der Waals surface area contributed by atoms with Crippen LogP contribution in [0.3, 0.4) is 0 Å². The summed E-state index contributed by atoms with van der Waals surface area (Å²) in [6.07, 6.45) is 3.42. The summed E-state index contributed by atoms with van der Waals surface area (Å²) < 4.78 is 5.93. The normalized spacial score (nSPS) is 21.8. The summed E-state index contributed by atoms with van der Waals surface area (Å²) in [5.41, 5.74) is 3.15. The number of fused-ring (bicyclic) bond motifs is 1. The molecule has 1 fully saturated rings. The topological polar surface area (TPSA) is 46.6 Å². The van der Waals surface area contributed by atoms with Crippen molar-refractivity contribution >= 4 is 17.5 Å². The number of ether oxygens (including phenoxy) is 1. The molecule has 2 atom stereocenters. The van der Waals surface area contributed by atoms with Crippen LogP contribution < -0.4 is 9.64 Å². The Morgan fingerprint density at radius 1 is 0.862 bits per heavy atom. The minimum absolute atomic E-state index is 0.0844. The summed E-state index contributed by atoms with van der Waals surface area (Å²) in [4.78, 5) is 27.0. The fourth-order valence-corrected chi connectivity index (χ4v) is 4.11. The third-order valence-corrected chi connectivity index (χ3v) is 5.87. The molecule has 0 N–H and O–H groups in total. The molecule has 2 aromatic rings. The Kier molecular flexibility index (Phi) is 4.81. The molecule has 1 aliphatic heterocycles. The Balaban J connectivity index is 1.48. The second-order valence-electron chi connectivity index (χ2n) is 9.09. The van der Waals surface area contributed by atoms with Gasteiger partial charge in [-0.15, -0.1) is 0 Å². The van der Waals surface area contributed by atoms with Crippen molar-refractivity contribution in [3.8, 4) is 11.5 Å². The van der Waals surface area contributed by atoms with Crippen molar-refractivity contribution < 1.29 is 14.3 Å². The average Bonchev–Trinajstić information content (AvgIpc) is 2.92. The number of imide groups is 1. The van der Waals surface area contributed by atoms with Gasteiger partial charge in [0.05, 0.1) is 17.5 Å². The molecule has 0 unspecified atom stereocenters. The molecule has 1 saturated heterocycles. The maximum atomic E-state index is 12.8. The van der Waals surface area contributed by atoms with Crippen LogP contribution >= 0.6 is 0 Å². The Hall–Kier alpha value is -2.88. The van der Waals surface area contributed by atoms with Crippen LogP contribution in [-0.2, 0) is 15.0 Å². The maximum Gasteiger partial charge on any atom is 0.238 e. The summed E-state index contributed by atoms with van der Waals surface area (Å²) >= 11 is 0. The summed E-state index contributed by atoms with van der Waals surface area (Å²) in [6.45, 7) is 8.55. The van der Waals surface area contributed by atoms with E-state index in [2.05, 4.69) is 39.0 Å². The third kappa shape index (κ3) is 3.71. The fraction of sp³-hybridized carbons (Fsp3) is 0.360. The van der Waals surface area contributed by atoms with Crippen LogP contribution in [0.4, 0.5) is 5.69 Å². The lowest BCUT2D eigenvalue weighted by molar-refractivity contribution is -0.122. The van der Waals surface area contributed by atoms with Crippen LogP contribution in [0.5, 0.6) is 11.5 Å². The molecular formula is C25H27NO3. The SMILES string of the molecule is CC1=CC[C@H]2C(=O)N(c3ccc(Oc4ccc(C(C)(C)C)cc4)cc3)C(=O)[C@@H]2C1. The molecule has 2 aromatic carbocycles. The number of rotatable bonds is 3. The van der Waals surface area contributed by atoms with Crippen LogP contribution in [0.1, 0.15) is 46.1 Å². The Morgan fingerprint density at radius 3 is 2.00 bits per heavy atom. The zero-order valence-corrected chi connectivity index (χ0v) is 17.4. The lowest BCUT2D eigenvalue weighted by Gasteiger charge is -2.19. The van der Waals surface area contributed by atoms with E-state index in [1.54, 1.807) is 24.3 Å². The predicted molar refractivity (Wildman–Crippen MR) is 114 cm³/mol. The number of carbonyl (C=O) groups excluding carboxylic acids is 2. The first-order valence-electron chi connectivity index (χ1n) is 10.2. The van der Waals surface area contributed by atoms with E-state index in [0.29, 0.717) is 24.3 Å². The highest BCUT2D eigenvalue weighted by molar-refractivity contribution is 6.22. The molecule has 2 aliphatic rings. The third-order valence-electron chi connectivity index (χ3n) is 5.87. The van der Waals surface area contributed by atoms with Crippen LogP contribution in [0.15, 0.2) is 60.2 Å². The van der Waals surface area contributed by atoms with Crippen LogP contribution in [0.2, 0.25) is 0 Å². The molecule has 4 heteroatoms. The van der Waals surface area contributed by atoms with Gasteiger partial charge in [-0.2, -0.15) is 0 Å². The zero-order chi connectivity index (χ0) is 20.8. The summed E-state index contributed by atoms with van der Waals surface area (Å²) in [5, 5.41) is 0. The van der Waals surface area contributed by atoms with Crippen molar-refractivity contribution in [3.05, 3.63) is 65.7 Å². The lowest BCUT2D eigenvalue weighted by Crippen LogP contribution is -2.30. The fourth-order valence-electron chi connectivity index (χ4n) is 4.11. The molecule has 0 bridgehead atoms. The molecule has 29 heavy (non-hydrogen) atoms. The molecule has 4 nitrogen and oxygen atoms in total. The van der Waals surface area contributed by atoms with Gasteiger partial charge in [-0.05, 0) is 67.1 Å². The zero-order valence-electron chi connectivity index (χ0n) is 17.4. The average molecular weight is 389 g/mol. The molecule has 1 aliphatic carbocycles. The number of benzene rings is 2. The standard InChI is InChI=1S/C25H27NO3/c1-16-5-14-21-22(15-16)24(28)26(23(21)27)18-8-12-20(13-9-18)29-19-10-6-17(7-11-19)25(2,3)4/h5-13,21-22H,14-15H2,1-4H3/t21-,22-/m1/s1. The second kappa shape index (κ2) is 7.18. The molecule has 1 heterocycles. The number of amides is 2. The van der Waals surface area contributed by atoms with Crippen molar-refractivity contribution in [3.63, 3.8) is 0 Å². The summed E-state index contributed by atoms with van der Waals surface area (Å²) in [5.74, 6) is 0.820. The van der Waals surface area contributed by atoms with Gasteiger partial charge in [-0.3, -0.25) is 14.5 Å². The van der Waals surface area contributed by atoms with Crippen molar-refractivity contribution in [2.24, 2.45) is 11.8 Å². The highest BCUT2D eigenvalue weighted by Gasteiger charge is 2.48. The first kappa shape index (κ1) is 19.4. The van der Waals surface area contributed by atoms with E-state index in [0.717, 1.165) is 5.75 Å². The summed E-state index contributed by atoms with van der Waals surface area (Å²) in [6, 6.07) is 15.2. The Labute approximate surface area is 172 Å². The Morgan fingerprint density at radius 2 is 1.41 bits per heavy atom. The Bertz CT molecular complexity index is 965. The molecule has 0 radical (unpaired) electrons. The number of hydrogen-bond donors (Lipinski definition) is 0. The van der Waals surface area contributed by atoms with E-state index in [1.165, 1.54) is 16.0 Å². The van der Waals surface area contributed by atoms with E-state index < -0.39 is 0 Å². The summed E-state index contributed by atoms with van der Waals surface area (Å²) in [7, 11) is 0. The van der Waals surface area contributed by atoms with Crippen molar-refractivity contribution in [2.75, 3.05) is 4.90 Å². The van der Waals surface area contributed by atoms with E-state index in [1.807, 2.05) is 19.1 Å². The lowest BCUT2D eigenvalue weighted by atomic mass is 9.82. The van der Waals surface area contributed by atoms with Gasteiger partial charge in [0.1, 0.15) is 11.5 Å². The van der Waals surface area contributed by atoms with Gasteiger partial charge in [0.25, 0.3) is 0 Å². The smallest absolute Gasteiger partial charge is 0.238 e. The number of carbonyl (C=O) groups is 2. The van der Waals surface area contributed by atoms with Gasteiger partial charge >= 0.3 is 0 Å². The molecule has 150 valence electrons. The minimum atomic E-state index is -0.219. The van der Waals surface area contributed by atoms with Crippen LogP contribution in [-0.4, -0.2) is 11.8 Å². The largest absolute Gasteiger partial charge is 0.457 e. The van der Waals surface area contributed by atoms with Gasteiger partial charge < -0.3 is 4.74 Å². The van der Waals surface area contributed by atoms with E-state index in [-0.39, 0.29) is 29.1 Å². The highest BCUT2D eigenvalue weighted by Crippen LogP contribution is 2.40. The molecule has 0 aromatic heterocycles. The number of allylic oxidation sites excluding steroid dienone is 2. The first-order valence-corrected chi connectivity index (χ1v) is 10.2. The monoisotopic (exact) mass is 389 g/mol. The van der Waals surface area contributed by atoms with Gasteiger partial charge in [0.2, 0.25) is 11.8 Å². The van der Waals surface area contributed by atoms with Gasteiger partial charge in [0, 0.05) is 0 Å². The maximum absolute atomic E-state index is 12.8. The minimum Gasteiger partial charge on any atom is -0.457 e. The molecule has 2 amide bonds. The van der Waals surface area contributed by atoms with Crippen molar-refractivity contribution in [1.82, 2.24) is 0 Å². The van der Waals surface area contributed by atoms with Crippen molar-refractivity contribution in [1.29, 1.82) is 0 Å². The van der Waals surface area contributed by atoms with Crippen LogP contribution in [0.25, 0.3) is 0 Å². The molecule has 4 rings (SSSR count). The predicted octanol–water partition coefficient (Wildman–Crippen LogP) is 5.62. The molecule has 0 saturated carbocycles. The quantitative estimate of drug-likeness (QED) is 0.505. The first-order chi connectivity index (χ1) is 13.7. The van der Waals surface area contributed by atoms with Gasteiger partial charge in [0.15, 0.2) is 0 Å².